The molecule has 3 rings (SSSR count). The molecule has 2 fully saturated rings. The maximum absolute atomic E-state index is 13.1. The van der Waals surface area contributed by atoms with Crippen LogP contribution in [-0.4, -0.2) is 24.1 Å². The van der Waals surface area contributed by atoms with Gasteiger partial charge in [0.05, 0.1) is 0 Å². The number of halogens is 1. The van der Waals surface area contributed by atoms with Crippen LogP contribution in [0.4, 0.5) is 9.18 Å². The van der Waals surface area contributed by atoms with Gasteiger partial charge >= 0.3 is 12.9 Å². The third kappa shape index (κ3) is 2.11. The van der Waals surface area contributed by atoms with Crippen molar-refractivity contribution in [2.24, 2.45) is 0 Å². The van der Waals surface area contributed by atoms with Gasteiger partial charge < -0.3 is 18.7 Å². The van der Waals surface area contributed by atoms with Crippen molar-refractivity contribution in [3.05, 3.63) is 35.6 Å². The van der Waals surface area contributed by atoms with Gasteiger partial charge in [0.1, 0.15) is 11.8 Å². The Labute approximate surface area is 122 Å². The Morgan fingerprint density at radius 3 is 2.10 bits per heavy atom. The maximum atomic E-state index is 13.1. The summed E-state index contributed by atoms with van der Waals surface area (Å²) in [6.45, 7) is 5.00. The largest absolute Gasteiger partial charge is 0.609 e. The van der Waals surface area contributed by atoms with Crippen LogP contribution in [0.3, 0.4) is 0 Å². The number of hydrogen-bond acceptors (Lipinski definition) is 5. The molecule has 0 aromatic heterocycles. The van der Waals surface area contributed by atoms with Crippen LogP contribution in [-0.2, 0) is 18.7 Å². The lowest BCUT2D eigenvalue weighted by molar-refractivity contribution is 0.00578. The third-order valence-corrected chi connectivity index (χ3v) is 4.42. The molecule has 0 N–H and O–H groups in total. The first-order valence-corrected chi connectivity index (χ1v) is 6.85. The number of benzene rings is 1. The molecule has 0 amide bonds. The zero-order valence-electron chi connectivity index (χ0n) is 12.4. The zero-order chi connectivity index (χ0) is 15.5. The molecule has 2 aliphatic heterocycles. The van der Waals surface area contributed by atoms with Crippen molar-refractivity contribution in [1.82, 2.24) is 0 Å². The monoisotopic (exact) mass is 295 g/mol. The van der Waals surface area contributed by atoms with E-state index in [1.807, 2.05) is 27.7 Å². The van der Waals surface area contributed by atoms with E-state index in [0.717, 1.165) is 0 Å². The van der Waals surface area contributed by atoms with Crippen LogP contribution >= 0.6 is 0 Å². The van der Waals surface area contributed by atoms with E-state index in [1.54, 1.807) is 0 Å². The molecule has 2 heterocycles. The molecule has 1 atom stereocenters. The van der Waals surface area contributed by atoms with Gasteiger partial charge in [-0.05, 0) is 45.4 Å². The number of cyclic esters (lactones) is 1. The fraction of sp³-hybridized carbons (Fsp3) is 0.500. The summed E-state index contributed by atoms with van der Waals surface area (Å²) < 4.78 is 35.4. The third-order valence-electron chi connectivity index (χ3n) is 4.42. The highest BCUT2D eigenvalue weighted by Crippen LogP contribution is 2.50. The van der Waals surface area contributed by atoms with E-state index >= 15 is 0 Å². The SMILES string of the molecule is CC1(C)O[B-]2(OC(=O)OC2c2ccc(F)cc2)OC1(C)C. The Kier molecular flexibility index (Phi) is 2.87. The quantitative estimate of drug-likeness (QED) is 0.588. The molecule has 1 aromatic carbocycles. The summed E-state index contributed by atoms with van der Waals surface area (Å²) in [5, 5.41) is 0. The normalized spacial score (nSPS) is 28.4. The molecule has 0 bridgehead atoms. The summed E-state index contributed by atoms with van der Waals surface area (Å²) in [4.78, 5) is 11.6. The summed E-state index contributed by atoms with van der Waals surface area (Å²) in [5.41, 5.74) is -0.769. The van der Waals surface area contributed by atoms with E-state index in [1.165, 1.54) is 24.3 Å². The average molecular weight is 295 g/mol. The van der Waals surface area contributed by atoms with Gasteiger partial charge in [0.15, 0.2) is 0 Å². The molecule has 5 nitrogen and oxygen atoms in total. The van der Waals surface area contributed by atoms with Crippen molar-refractivity contribution < 1.29 is 27.9 Å². The minimum atomic E-state index is -2.43. The summed E-state index contributed by atoms with van der Waals surface area (Å²) in [7, 11) is 0. The smallest absolute Gasteiger partial charge is 0.484 e. The summed E-state index contributed by atoms with van der Waals surface area (Å²) in [6.07, 6.45) is -0.849. The fourth-order valence-electron chi connectivity index (χ4n) is 2.67. The number of ether oxygens (including phenoxy) is 1. The number of carbonyl (C=O) groups excluding carboxylic acids is 1. The minimum Gasteiger partial charge on any atom is -0.609 e. The lowest BCUT2D eigenvalue weighted by atomic mass is 9.68. The molecular weight excluding hydrogens is 278 g/mol. The fourth-order valence-corrected chi connectivity index (χ4v) is 2.67. The molecule has 21 heavy (non-hydrogen) atoms. The van der Waals surface area contributed by atoms with Crippen molar-refractivity contribution in [2.75, 3.05) is 0 Å². The standard InChI is InChI=1S/C14H17BFO5/c1-13(2)14(3,4)21-15(20-13)11(18-12(17)19-15)9-5-7-10(16)8-6-9/h5-8,11H,1-4H3/q-1. The Morgan fingerprint density at radius 1 is 1.05 bits per heavy atom. The topological polar surface area (TPSA) is 54.0 Å². The average Bonchev–Trinajstić information content (AvgIpc) is 2.73. The molecule has 7 heteroatoms. The van der Waals surface area contributed by atoms with Crippen LogP contribution in [0.5, 0.6) is 0 Å². The van der Waals surface area contributed by atoms with E-state index in [4.69, 9.17) is 18.7 Å². The van der Waals surface area contributed by atoms with Crippen LogP contribution < -0.4 is 0 Å². The van der Waals surface area contributed by atoms with E-state index in [9.17, 15) is 9.18 Å². The lowest BCUT2D eigenvalue weighted by Gasteiger charge is -2.36. The summed E-state index contributed by atoms with van der Waals surface area (Å²) in [5.74, 6) is -0.375. The molecular formula is C14H17BFO5-. The Bertz CT molecular complexity index is 568. The van der Waals surface area contributed by atoms with Crippen molar-refractivity contribution in [3.63, 3.8) is 0 Å². The molecule has 1 unspecified atom stereocenters. The van der Waals surface area contributed by atoms with Crippen LogP contribution in [0, 0.1) is 5.82 Å². The highest BCUT2D eigenvalue weighted by atomic mass is 19.1. The van der Waals surface area contributed by atoms with E-state index in [-0.39, 0.29) is 5.82 Å². The molecule has 1 aromatic rings. The Morgan fingerprint density at radius 2 is 1.57 bits per heavy atom. The molecule has 2 aliphatic rings. The second-order valence-corrected chi connectivity index (χ2v) is 6.41. The predicted molar refractivity (Wildman–Crippen MR) is 72.8 cm³/mol. The molecule has 114 valence electrons. The Balaban J connectivity index is 2.01. The minimum absolute atomic E-state index is 0.375. The second-order valence-electron chi connectivity index (χ2n) is 6.41. The lowest BCUT2D eigenvalue weighted by Crippen LogP contribution is -2.45. The summed E-state index contributed by atoms with van der Waals surface area (Å²) in [6, 6.07) is 4.78. The first-order chi connectivity index (χ1) is 9.65. The van der Waals surface area contributed by atoms with Crippen molar-refractivity contribution in [2.45, 2.75) is 44.9 Å². The number of hydrogen-bond donors (Lipinski definition) is 0. The highest BCUT2D eigenvalue weighted by Gasteiger charge is 2.63. The molecule has 0 radical (unpaired) electrons. The highest BCUT2D eigenvalue weighted by molar-refractivity contribution is 6.65. The van der Waals surface area contributed by atoms with E-state index in [0.29, 0.717) is 5.56 Å². The van der Waals surface area contributed by atoms with Gasteiger partial charge in [0.2, 0.25) is 0 Å². The van der Waals surface area contributed by atoms with Crippen molar-refractivity contribution in [3.8, 4) is 0 Å². The predicted octanol–water partition coefficient (Wildman–Crippen LogP) is 3.12. The van der Waals surface area contributed by atoms with Crippen molar-refractivity contribution >= 4 is 12.9 Å². The van der Waals surface area contributed by atoms with Gasteiger partial charge in [-0.3, -0.25) is 0 Å². The van der Waals surface area contributed by atoms with Gasteiger partial charge in [-0.2, -0.15) is 0 Å². The van der Waals surface area contributed by atoms with Crippen LogP contribution in [0.1, 0.15) is 39.3 Å². The van der Waals surface area contributed by atoms with Crippen LogP contribution in [0.25, 0.3) is 0 Å². The van der Waals surface area contributed by atoms with Crippen molar-refractivity contribution in [1.29, 1.82) is 0 Å². The first kappa shape index (κ1) is 14.3. The van der Waals surface area contributed by atoms with E-state index < -0.39 is 30.1 Å². The second kappa shape index (κ2) is 4.21. The zero-order valence-corrected chi connectivity index (χ0v) is 12.4. The van der Waals surface area contributed by atoms with Gasteiger partial charge in [-0.25, -0.2) is 9.18 Å². The number of rotatable bonds is 1. The van der Waals surface area contributed by atoms with E-state index in [2.05, 4.69) is 0 Å². The number of carbonyl (C=O) groups is 1. The van der Waals surface area contributed by atoms with Crippen LogP contribution in [0.15, 0.2) is 24.3 Å². The molecule has 0 aliphatic carbocycles. The molecule has 1 spiro atoms. The molecule has 0 saturated carbocycles. The Hall–Kier alpha value is -1.60. The molecule has 2 saturated heterocycles. The van der Waals surface area contributed by atoms with Gasteiger partial charge in [0.25, 0.3) is 0 Å². The maximum Gasteiger partial charge on any atom is 0.484 e. The van der Waals surface area contributed by atoms with Gasteiger partial charge in [-0.1, -0.05) is 12.1 Å². The van der Waals surface area contributed by atoms with Gasteiger partial charge in [0, 0.05) is 11.2 Å². The van der Waals surface area contributed by atoms with Crippen LogP contribution in [0.2, 0.25) is 0 Å². The first-order valence-electron chi connectivity index (χ1n) is 6.85. The van der Waals surface area contributed by atoms with Gasteiger partial charge in [-0.15, -0.1) is 0 Å². The summed E-state index contributed by atoms with van der Waals surface area (Å²) >= 11 is 0.